The molecule has 19 heteroatoms. The van der Waals surface area contributed by atoms with Crippen LogP contribution in [0.2, 0.25) is 0 Å². The van der Waals surface area contributed by atoms with Crippen LogP contribution >= 0.6 is 15.6 Å². The van der Waals surface area contributed by atoms with E-state index in [1.54, 1.807) is 0 Å². The van der Waals surface area contributed by atoms with E-state index in [4.69, 9.17) is 37.0 Å². The average Bonchev–Trinajstić information content (AvgIpc) is 1.24. The van der Waals surface area contributed by atoms with Gasteiger partial charge in [-0.05, 0) is 63.2 Å². The smallest absolute Gasteiger partial charge is 0.462 e. The van der Waals surface area contributed by atoms with Crippen molar-refractivity contribution in [3.8, 4) is 0 Å². The van der Waals surface area contributed by atoms with Crippen molar-refractivity contribution in [2.45, 2.75) is 381 Å². The number of aliphatic hydroxyl groups is 1. The van der Waals surface area contributed by atoms with Gasteiger partial charge in [-0.3, -0.25) is 37.3 Å². The first-order chi connectivity index (χ1) is 45.4. The molecule has 5 atom stereocenters. The van der Waals surface area contributed by atoms with E-state index in [0.717, 1.165) is 116 Å². The van der Waals surface area contributed by atoms with Gasteiger partial charge < -0.3 is 33.8 Å². The molecule has 0 aliphatic heterocycles. The molecule has 0 aromatic rings. The normalized spacial score (nSPS) is 14.2. The first-order valence-electron chi connectivity index (χ1n) is 38.3. The van der Waals surface area contributed by atoms with Gasteiger partial charge in [-0.2, -0.15) is 0 Å². The van der Waals surface area contributed by atoms with Gasteiger partial charge in [0.2, 0.25) is 0 Å². The molecule has 0 amide bonds. The van der Waals surface area contributed by atoms with Crippen molar-refractivity contribution in [2.75, 3.05) is 39.6 Å². The molecular formula is C75H142O17P2. The van der Waals surface area contributed by atoms with Crippen LogP contribution < -0.4 is 0 Å². The van der Waals surface area contributed by atoms with Crippen molar-refractivity contribution in [2.24, 2.45) is 11.8 Å². The molecule has 0 aliphatic carbocycles. The Morgan fingerprint density at radius 1 is 0.330 bits per heavy atom. The molecule has 94 heavy (non-hydrogen) atoms. The summed E-state index contributed by atoms with van der Waals surface area (Å²) in [4.78, 5) is 72.6. The lowest BCUT2D eigenvalue weighted by Crippen LogP contribution is -2.30. The fourth-order valence-corrected chi connectivity index (χ4v) is 12.5. The molecule has 554 valence electrons. The zero-order valence-corrected chi connectivity index (χ0v) is 62.5. The Morgan fingerprint density at radius 2 is 0.574 bits per heavy atom. The number of rotatable bonds is 72. The molecule has 0 bridgehead atoms. The molecule has 2 unspecified atom stereocenters. The maximum Gasteiger partial charge on any atom is 0.472 e. The van der Waals surface area contributed by atoms with Crippen LogP contribution in [0.1, 0.15) is 363 Å². The molecule has 0 radical (unpaired) electrons. The van der Waals surface area contributed by atoms with E-state index in [0.29, 0.717) is 37.5 Å². The lowest BCUT2D eigenvalue weighted by molar-refractivity contribution is -0.161. The summed E-state index contributed by atoms with van der Waals surface area (Å²) in [6, 6.07) is 0. The quantitative estimate of drug-likeness (QED) is 0.0169. The fraction of sp³-hybridized carbons (Fsp3) is 0.893. The molecule has 3 N–H and O–H groups in total. The predicted molar refractivity (Wildman–Crippen MR) is 381 cm³/mol. The van der Waals surface area contributed by atoms with Crippen LogP contribution in [0, 0.1) is 11.8 Å². The number of phosphoric acid groups is 2. The third-order valence-corrected chi connectivity index (χ3v) is 18.7. The van der Waals surface area contributed by atoms with Gasteiger partial charge in [0.15, 0.2) is 12.2 Å². The van der Waals surface area contributed by atoms with Gasteiger partial charge in [-0.25, -0.2) is 9.13 Å². The molecule has 17 nitrogen and oxygen atoms in total. The molecule has 0 saturated carbocycles. The van der Waals surface area contributed by atoms with Gasteiger partial charge >= 0.3 is 39.5 Å². The van der Waals surface area contributed by atoms with E-state index in [-0.39, 0.29) is 25.7 Å². The van der Waals surface area contributed by atoms with Gasteiger partial charge in [-0.15, -0.1) is 0 Å². The summed E-state index contributed by atoms with van der Waals surface area (Å²) in [5, 5.41) is 10.6. The standard InChI is InChI=1S/C75H142O17P2/c1-7-9-11-13-15-17-19-21-23-24-25-26-27-28-30-32-34-36-38-47-53-59-74(79)91-70(63-85-72(77)57-51-45-37-35-33-31-29-22-20-18-16-14-12-10-8-2)65-89-93(81,82)87-61-69(76)62-88-94(83,84)90-66-71(92-75(80)60-54-48-42-40-44-50-56-68(5)6)64-86-73(78)58-52-46-41-39-43-49-55-67(3)4/h18,20,22,29,67-71,76H,7-17,19,21,23-28,30-66H2,1-6H3,(H,81,82)(H,83,84)/b20-18-,29-22-/t69-,70-,71-/m1/s1. The monoisotopic (exact) mass is 1380 g/mol. The maximum atomic E-state index is 13.1. The second kappa shape index (κ2) is 66.4. The Labute approximate surface area is 573 Å². The number of allylic oxidation sites excluding steroid dienone is 4. The summed E-state index contributed by atoms with van der Waals surface area (Å²) in [5.41, 5.74) is 0. The van der Waals surface area contributed by atoms with Gasteiger partial charge in [0.1, 0.15) is 19.3 Å². The number of hydrogen-bond donors (Lipinski definition) is 3. The maximum absolute atomic E-state index is 13.1. The number of ether oxygens (including phenoxy) is 4. The number of unbranched alkanes of at least 4 members (excludes halogenated alkanes) is 39. The minimum atomic E-state index is -4.96. The number of esters is 4. The SMILES string of the molecule is CCCCCC/C=C\C=C/CCCCCCCC(=O)OC[C@H](COP(=O)(O)OC[C@@H](O)COP(=O)(O)OC[C@@H](COC(=O)CCCCCCCCC(C)C)OC(=O)CCCCCCCCC(C)C)OC(=O)CCCCCCCCCCCCCCCCCCCCCCC. The van der Waals surface area contributed by atoms with Crippen LogP contribution in [0.3, 0.4) is 0 Å². The van der Waals surface area contributed by atoms with E-state index in [9.17, 15) is 43.2 Å². The number of hydrogen-bond acceptors (Lipinski definition) is 15. The first-order valence-corrected chi connectivity index (χ1v) is 41.3. The summed E-state index contributed by atoms with van der Waals surface area (Å²) in [6.45, 7) is 9.33. The van der Waals surface area contributed by atoms with Crippen LogP contribution in [-0.2, 0) is 65.4 Å². The highest BCUT2D eigenvalue weighted by Gasteiger charge is 2.30. The molecular weight excluding hydrogens is 1230 g/mol. The van der Waals surface area contributed by atoms with Crippen molar-refractivity contribution in [1.82, 2.24) is 0 Å². The summed E-state index contributed by atoms with van der Waals surface area (Å²) in [6.07, 6.45) is 56.9. The number of aliphatic hydroxyl groups excluding tert-OH is 1. The Kier molecular flexibility index (Phi) is 64.7. The van der Waals surface area contributed by atoms with E-state index >= 15 is 0 Å². The summed E-state index contributed by atoms with van der Waals surface area (Å²) < 4.78 is 68.3. The van der Waals surface area contributed by atoms with Crippen LogP contribution in [0.5, 0.6) is 0 Å². The fourth-order valence-electron chi connectivity index (χ4n) is 10.9. The molecule has 0 aliphatic rings. The minimum Gasteiger partial charge on any atom is -0.462 e. The van der Waals surface area contributed by atoms with Crippen LogP contribution in [0.4, 0.5) is 0 Å². The van der Waals surface area contributed by atoms with Gasteiger partial charge in [0.25, 0.3) is 0 Å². The topological polar surface area (TPSA) is 237 Å². The van der Waals surface area contributed by atoms with Crippen molar-refractivity contribution in [1.29, 1.82) is 0 Å². The second-order valence-electron chi connectivity index (χ2n) is 27.3. The van der Waals surface area contributed by atoms with Crippen LogP contribution in [0.25, 0.3) is 0 Å². The predicted octanol–water partition coefficient (Wildman–Crippen LogP) is 21.5. The summed E-state index contributed by atoms with van der Waals surface area (Å²) >= 11 is 0. The number of phosphoric ester groups is 2. The Morgan fingerprint density at radius 3 is 0.872 bits per heavy atom. The van der Waals surface area contributed by atoms with Gasteiger partial charge in [-0.1, -0.05) is 310 Å². The Hall–Kier alpha value is -2.46. The van der Waals surface area contributed by atoms with Crippen molar-refractivity contribution >= 4 is 39.5 Å². The van der Waals surface area contributed by atoms with Gasteiger partial charge in [0.05, 0.1) is 26.4 Å². The summed E-state index contributed by atoms with van der Waals surface area (Å²) in [7, 11) is -9.92. The first kappa shape index (κ1) is 91.5. The second-order valence-corrected chi connectivity index (χ2v) is 30.2. The molecule has 0 aromatic carbocycles. The van der Waals surface area contributed by atoms with Crippen molar-refractivity contribution in [3.63, 3.8) is 0 Å². The highest BCUT2D eigenvalue weighted by atomic mass is 31.2. The third-order valence-electron chi connectivity index (χ3n) is 16.8. The molecule has 0 spiro atoms. The van der Waals surface area contributed by atoms with Crippen LogP contribution in [-0.4, -0.2) is 96.7 Å². The largest absolute Gasteiger partial charge is 0.472 e. The third kappa shape index (κ3) is 68.1. The lowest BCUT2D eigenvalue weighted by atomic mass is 10.0. The van der Waals surface area contributed by atoms with Crippen molar-refractivity contribution in [3.05, 3.63) is 24.3 Å². The molecule has 0 heterocycles. The van der Waals surface area contributed by atoms with E-state index in [1.807, 2.05) is 0 Å². The van der Waals surface area contributed by atoms with E-state index in [2.05, 4.69) is 65.8 Å². The average molecular weight is 1380 g/mol. The zero-order valence-electron chi connectivity index (χ0n) is 60.7. The minimum absolute atomic E-state index is 0.0988. The highest BCUT2D eigenvalue weighted by Crippen LogP contribution is 2.45. The molecule has 0 rings (SSSR count). The van der Waals surface area contributed by atoms with E-state index in [1.165, 1.54) is 154 Å². The number of carbonyl (C=O) groups excluding carboxylic acids is 4. The van der Waals surface area contributed by atoms with Crippen LogP contribution in [0.15, 0.2) is 24.3 Å². The van der Waals surface area contributed by atoms with Gasteiger partial charge in [0, 0.05) is 25.7 Å². The highest BCUT2D eigenvalue weighted by molar-refractivity contribution is 7.47. The summed E-state index contributed by atoms with van der Waals surface area (Å²) in [5.74, 6) is -0.812. The zero-order chi connectivity index (χ0) is 69.3. The molecule has 0 aromatic heterocycles. The lowest BCUT2D eigenvalue weighted by Gasteiger charge is -2.21. The van der Waals surface area contributed by atoms with E-state index < -0.39 is 97.5 Å². The van der Waals surface area contributed by atoms with Crippen molar-refractivity contribution < 1.29 is 80.2 Å². The Balaban J connectivity index is 5.21. The molecule has 0 saturated heterocycles. The number of carbonyl (C=O) groups is 4. The Bertz CT molecular complexity index is 1910. The molecule has 0 fully saturated rings.